The van der Waals surface area contributed by atoms with Gasteiger partial charge in [0.05, 0.1) is 12.2 Å². The van der Waals surface area contributed by atoms with Crippen molar-refractivity contribution in [2.24, 2.45) is 11.3 Å². The zero-order valence-corrected chi connectivity index (χ0v) is 21.5. The maximum absolute atomic E-state index is 13.4. The van der Waals surface area contributed by atoms with Crippen molar-refractivity contribution in [1.82, 2.24) is 15.1 Å². The molecule has 0 saturated heterocycles. The van der Waals surface area contributed by atoms with Crippen molar-refractivity contribution < 1.29 is 4.79 Å². The summed E-state index contributed by atoms with van der Waals surface area (Å²) in [5.74, 6) is 0.228. The molecule has 1 fully saturated rings. The average molecular weight is 476 g/mol. The van der Waals surface area contributed by atoms with Crippen LogP contribution >= 0.6 is 11.6 Å². The number of hydrogen-bond donors (Lipinski definition) is 1. The summed E-state index contributed by atoms with van der Waals surface area (Å²) in [5, 5.41) is 8.78. The van der Waals surface area contributed by atoms with Crippen molar-refractivity contribution in [2.75, 3.05) is 0 Å². The van der Waals surface area contributed by atoms with Crippen molar-refractivity contribution in [2.45, 2.75) is 60.0 Å². The molecule has 4 nitrogen and oxygen atoms in total. The van der Waals surface area contributed by atoms with E-state index in [0.717, 1.165) is 40.2 Å². The topological polar surface area (TPSA) is 46.9 Å². The molecule has 0 aliphatic heterocycles. The summed E-state index contributed by atoms with van der Waals surface area (Å²) in [6, 6.07) is 16.2. The molecule has 2 atom stereocenters. The number of rotatable bonds is 5. The lowest BCUT2D eigenvalue weighted by Crippen LogP contribution is -2.52. The third kappa shape index (κ3) is 4.83. The summed E-state index contributed by atoms with van der Waals surface area (Å²) < 4.78 is 1.91. The molecule has 5 heteroatoms. The largest absolute Gasteiger partial charge is 0.347 e. The number of carbonyl (C=O) groups excluding carboxylic acids is 1. The van der Waals surface area contributed by atoms with Crippen LogP contribution in [0.4, 0.5) is 0 Å². The fourth-order valence-corrected chi connectivity index (χ4v) is 5.03. The van der Waals surface area contributed by atoms with Crippen LogP contribution in [0.1, 0.15) is 60.8 Å². The van der Waals surface area contributed by atoms with E-state index in [-0.39, 0.29) is 17.4 Å². The number of nitrogens with zero attached hydrogens (tertiary/aromatic N) is 2. The molecule has 1 heterocycles. The SMILES string of the molecule is C=C1CCC(C)C(NC(=O)c2cc(-c3ccc(Cl)c(C)c3)n(Cc3ccc(C)cc3)n2)C1(C)C. The molecular formula is C29H34ClN3O. The van der Waals surface area contributed by atoms with Gasteiger partial charge in [-0.3, -0.25) is 9.48 Å². The normalized spacial score (nSPS) is 19.8. The molecule has 2 aromatic carbocycles. The third-order valence-electron chi connectivity index (χ3n) is 7.37. The van der Waals surface area contributed by atoms with Crippen LogP contribution in [-0.2, 0) is 6.54 Å². The lowest BCUT2D eigenvalue weighted by molar-refractivity contribution is 0.0845. The summed E-state index contributed by atoms with van der Waals surface area (Å²) in [4.78, 5) is 13.4. The van der Waals surface area contributed by atoms with Crippen LogP contribution in [0.5, 0.6) is 0 Å². The summed E-state index contributed by atoms with van der Waals surface area (Å²) in [7, 11) is 0. The van der Waals surface area contributed by atoms with E-state index in [1.54, 1.807) is 0 Å². The highest BCUT2D eigenvalue weighted by Crippen LogP contribution is 2.42. The predicted molar refractivity (Wildman–Crippen MR) is 140 cm³/mol. The highest BCUT2D eigenvalue weighted by molar-refractivity contribution is 6.31. The molecule has 1 aliphatic rings. The minimum atomic E-state index is -0.159. The molecule has 0 bridgehead atoms. The second-order valence-corrected chi connectivity index (χ2v) is 10.7. The summed E-state index contributed by atoms with van der Waals surface area (Å²) >= 11 is 6.28. The van der Waals surface area contributed by atoms with Crippen molar-refractivity contribution >= 4 is 17.5 Å². The van der Waals surface area contributed by atoms with Gasteiger partial charge in [-0.25, -0.2) is 0 Å². The van der Waals surface area contributed by atoms with Crippen molar-refractivity contribution in [1.29, 1.82) is 0 Å². The van der Waals surface area contributed by atoms with Crippen LogP contribution in [-0.4, -0.2) is 21.7 Å². The number of benzene rings is 2. The Hall–Kier alpha value is -2.85. The molecule has 1 aromatic heterocycles. The quantitative estimate of drug-likeness (QED) is 0.404. The first-order valence-electron chi connectivity index (χ1n) is 12.0. The number of aryl methyl sites for hydroxylation is 2. The van der Waals surface area contributed by atoms with E-state index in [2.05, 4.69) is 63.9 Å². The second-order valence-electron chi connectivity index (χ2n) is 10.3. The van der Waals surface area contributed by atoms with Gasteiger partial charge in [0.15, 0.2) is 5.69 Å². The Bertz CT molecular complexity index is 1220. The van der Waals surface area contributed by atoms with E-state index >= 15 is 0 Å². The maximum Gasteiger partial charge on any atom is 0.272 e. The molecule has 3 aromatic rings. The summed E-state index contributed by atoms with van der Waals surface area (Å²) in [5.41, 5.74) is 6.67. The van der Waals surface area contributed by atoms with Crippen molar-refractivity contribution in [3.63, 3.8) is 0 Å². The Morgan fingerprint density at radius 2 is 1.88 bits per heavy atom. The van der Waals surface area contributed by atoms with E-state index in [9.17, 15) is 4.79 Å². The first-order valence-corrected chi connectivity index (χ1v) is 12.3. The molecule has 1 N–H and O–H groups in total. The Labute approximate surface area is 208 Å². The Kier molecular flexibility index (Phi) is 6.73. The van der Waals surface area contributed by atoms with Gasteiger partial charge in [0.1, 0.15) is 0 Å². The molecule has 4 rings (SSSR count). The lowest BCUT2D eigenvalue weighted by Gasteiger charge is -2.44. The van der Waals surface area contributed by atoms with Crippen molar-refractivity contribution in [3.8, 4) is 11.3 Å². The Morgan fingerprint density at radius 1 is 1.18 bits per heavy atom. The van der Waals surface area contributed by atoms with Gasteiger partial charge in [-0.15, -0.1) is 0 Å². The number of hydrogen-bond acceptors (Lipinski definition) is 2. The lowest BCUT2D eigenvalue weighted by atomic mass is 9.66. The fourth-order valence-electron chi connectivity index (χ4n) is 4.91. The number of nitrogens with one attached hydrogen (secondary N) is 1. The molecule has 1 saturated carbocycles. The highest BCUT2D eigenvalue weighted by Gasteiger charge is 2.40. The monoisotopic (exact) mass is 475 g/mol. The third-order valence-corrected chi connectivity index (χ3v) is 7.79. The fraction of sp³-hybridized carbons (Fsp3) is 0.379. The molecule has 1 amide bonds. The van der Waals surface area contributed by atoms with Crippen LogP contribution in [0.2, 0.25) is 5.02 Å². The molecule has 34 heavy (non-hydrogen) atoms. The van der Waals surface area contributed by atoms with Gasteiger partial charge in [-0.05, 0) is 61.9 Å². The maximum atomic E-state index is 13.4. The van der Waals surface area contributed by atoms with Gasteiger partial charge in [0.2, 0.25) is 0 Å². The van der Waals surface area contributed by atoms with Gasteiger partial charge in [0, 0.05) is 22.0 Å². The number of amides is 1. The smallest absolute Gasteiger partial charge is 0.272 e. The molecular weight excluding hydrogens is 442 g/mol. The van der Waals surface area contributed by atoms with Crippen LogP contribution in [0, 0.1) is 25.2 Å². The Balaban J connectivity index is 1.69. The van der Waals surface area contributed by atoms with Crippen LogP contribution in [0.3, 0.4) is 0 Å². The van der Waals surface area contributed by atoms with E-state index < -0.39 is 0 Å². The van der Waals surface area contributed by atoms with E-state index in [1.807, 2.05) is 35.9 Å². The standard InChI is InChI=1S/C29H34ClN3O/c1-18-7-11-22(12-8-18)17-33-26(23-13-14-24(30)20(3)15-23)16-25(32-33)28(34)31-27-19(2)9-10-21(4)29(27,5)6/h7-8,11-16,19,27H,4,9-10,17H2,1-3,5-6H3,(H,31,34). The first kappa shape index (κ1) is 24.3. The zero-order valence-electron chi connectivity index (χ0n) is 20.8. The van der Waals surface area contributed by atoms with E-state index in [4.69, 9.17) is 16.7 Å². The second kappa shape index (κ2) is 9.42. The van der Waals surface area contributed by atoms with Gasteiger partial charge in [0.25, 0.3) is 5.91 Å². The number of aromatic nitrogens is 2. The van der Waals surface area contributed by atoms with Gasteiger partial charge in [-0.1, -0.05) is 80.4 Å². The number of carbonyl (C=O) groups is 1. The van der Waals surface area contributed by atoms with Crippen LogP contribution in [0.25, 0.3) is 11.3 Å². The minimum absolute atomic E-state index is 0.0183. The minimum Gasteiger partial charge on any atom is -0.347 e. The number of halogens is 1. The Morgan fingerprint density at radius 3 is 2.56 bits per heavy atom. The summed E-state index contributed by atoms with van der Waals surface area (Å²) in [6.07, 6.45) is 2.04. The van der Waals surface area contributed by atoms with Crippen LogP contribution in [0.15, 0.2) is 60.7 Å². The van der Waals surface area contributed by atoms with Gasteiger partial charge < -0.3 is 5.32 Å². The molecule has 178 valence electrons. The van der Waals surface area contributed by atoms with Crippen LogP contribution < -0.4 is 5.32 Å². The average Bonchev–Trinajstić information content (AvgIpc) is 3.21. The molecule has 0 radical (unpaired) electrons. The predicted octanol–water partition coefficient (Wildman–Crippen LogP) is 6.98. The van der Waals surface area contributed by atoms with Gasteiger partial charge >= 0.3 is 0 Å². The highest BCUT2D eigenvalue weighted by atomic mass is 35.5. The van der Waals surface area contributed by atoms with Crippen molar-refractivity contribution in [3.05, 3.63) is 88.1 Å². The van der Waals surface area contributed by atoms with E-state index in [1.165, 1.54) is 11.1 Å². The molecule has 0 spiro atoms. The van der Waals surface area contributed by atoms with E-state index in [0.29, 0.717) is 18.2 Å². The van der Waals surface area contributed by atoms with Gasteiger partial charge in [-0.2, -0.15) is 5.10 Å². The zero-order chi connectivity index (χ0) is 24.6. The first-order chi connectivity index (χ1) is 16.1. The summed E-state index contributed by atoms with van der Waals surface area (Å²) in [6.45, 7) is 15.5. The molecule has 2 unspecified atom stereocenters. The molecule has 1 aliphatic carbocycles.